The Balaban J connectivity index is 0.000000144. The van der Waals surface area contributed by atoms with E-state index in [9.17, 15) is 32.8 Å². The molecule has 8 heterocycles. The van der Waals surface area contributed by atoms with Crippen molar-refractivity contribution < 1.29 is 41.8 Å². The molecule has 0 N–H and O–H groups in total. The minimum atomic E-state index is -1.15. The van der Waals surface area contributed by atoms with Gasteiger partial charge in [0.15, 0.2) is 11.6 Å². The first-order valence-corrected chi connectivity index (χ1v) is 26.2. The monoisotopic (exact) mass is 1090 g/mol. The molecule has 0 bridgehead atoms. The number of hydrogen-bond acceptors (Lipinski definition) is 13. The predicted octanol–water partition coefficient (Wildman–Crippen LogP) is 9.64. The Kier molecular flexibility index (Phi) is 14.9. The van der Waals surface area contributed by atoms with E-state index in [0.717, 1.165) is 59.5 Å². The number of aryl methyl sites for hydroxylation is 2. The standard InChI is InChI=1S/C27H24FN5O3.C19H14F2N2O3.C13H19N3O2/c1-3-36-27(35)24-25(34)17-12-18(28)23(32-11-8-16(15-32)19-14-29-9-10-30-19)13-22(17)33-21-7-5-4-6-20(21)31(2)26(24)33;1-3-26-19(25)16-17(24)10-8-11(20)12(21)9-15(10)23-14-7-5-4-6-13(14)22(2)18(16)23;1-13(2,3)18-12(17)16-7-4-10(9-16)11-8-14-5-6-15-11/h4-7,9-10,12-14,16H,3,8,11,15H2,1-2H3;4-9H,3H2,1-2H3;5-6,8,10H,4,7,9H2,1-3H3. The van der Waals surface area contributed by atoms with Gasteiger partial charge in [0.25, 0.3) is 0 Å². The third-order valence-corrected chi connectivity index (χ3v) is 14.3. The topological polar surface area (TPSA) is 190 Å². The second-order valence-electron chi connectivity index (χ2n) is 20.5. The lowest BCUT2D eigenvalue weighted by Gasteiger charge is -2.24. The molecule has 18 nitrogen and oxygen atoms in total. The Hall–Kier alpha value is -9.14. The van der Waals surface area contributed by atoms with Crippen molar-refractivity contribution in [3.8, 4) is 0 Å². The first-order chi connectivity index (χ1) is 38.4. The number of imidazole rings is 2. The fraction of sp³-hybridized carbons (Fsp3) is 0.305. The molecule has 0 radical (unpaired) electrons. The van der Waals surface area contributed by atoms with E-state index in [4.69, 9.17) is 14.2 Å². The van der Waals surface area contributed by atoms with Gasteiger partial charge in [-0.3, -0.25) is 38.3 Å². The van der Waals surface area contributed by atoms with E-state index in [1.54, 1.807) is 90.1 Å². The van der Waals surface area contributed by atoms with Gasteiger partial charge in [-0.25, -0.2) is 27.6 Å². The summed E-state index contributed by atoms with van der Waals surface area (Å²) in [6.45, 7) is 11.8. The number of amides is 1. The summed E-state index contributed by atoms with van der Waals surface area (Å²) < 4.78 is 65.8. The number of carbonyl (C=O) groups is 3. The van der Waals surface area contributed by atoms with Gasteiger partial charge in [0.05, 0.1) is 74.2 Å². The van der Waals surface area contributed by atoms with Gasteiger partial charge in [-0.15, -0.1) is 0 Å². The van der Waals surface area contributed by atoms with Crippen molar-refractivity contribution in [3.63, 3.8) is 0 Å². The summed E-state index contributed by atoms with van der Waals surface area (Å²) in [5.74, 6) is -3.83. The molecule has 21 heteroatoms. The van der Waals surface area contributed by atoms with Crippen LogP contribution < -0.4 is 15.8 Å². The summed E-state index contributed by atoms with van der Waals surface area (Å²) in [6, 6.07) is 19.6. The van der Waals surface area contributed by atoms with Crippen LogP contribution in [0.25, 0.3) is 55.2 Å². The van der Waals surface area contributed by atoms with Gasteiger partial charge in [0.2, 0.25) is 10.9 Å². The van der Waals surface area contributed by atoms with E-state index in [0.29, 0.717) is 42.0 Å². The van der Waals surface area contributed by atoms with Crippen LogP contribution >= 0.6 is 0 Å². The number of hydrogen-bond donors (Lipinski definition) is 0. The molecule has 412 valence electrons. The SMILES string of the molecule is CC(C)(C)OC(=O)N1CCC(c2cnccn2)C1.CCOC(=O)c1c(=O)c2cc(F)c(F)cc2n2c3ccccc3n(C)c12.CCOC(=O)c1c(=O)c2cc(F)c(N3CCC(c4cnccn4)C3)cc2n2c3ccccc3n(C)c12. The van der Waals surface area contributed by atoms with Gasteiger partial charge >= 0.3 is 18.0 Å². The van der Waals surface area contributed by atoms with Gasteiger partial charge in [-0.2, -0.15) is 0 Å². The predicted molar refractivity (Wildman–Crippen MR) is 296 cm³/mol. The van der Waals surface area contributed by atoms with Gasteiger partial charge in [-0.1, -0.05) is 24.3 Å². The molecule has 6 aromatic heterocycles. The average molecular weight is 1090 g/mol. The summed E-state index contributed by atoms with van der Waals surface area (Å²) in [5, 5.41) is 0.0543. The van der Waals surface area contributed by atoms with Crippen LogP contribution in [0.4, 0.5) is 23.7 Å². The van der Waals surface area contributed by atoms with Crippen molar-refractivity contribution in [1.29, 1.82) is 0 Å². The Morgan fingerprint density at radius 2 is 1.06 bits per heavy atom. The third kappa shape index (κ3) is 10.0. The molecule has 2 atom stereocenters. The highest BCUT2D eigenvalue weighted by atomic mass is 19.2. The molecular weight excluding hydrogens is 1030 g/mol. The Morgan fingerprint density at radius 1 is 0.600 bits per heavy atom. The number of anilines is 1. The van der Waals surface area contributed by atoms with Crippen molar-refractivity contribution in [2.45, 2.75) is 64.9 Å². The molecule has 0 saturated carbocycles. The molecule has 12 rings (SSSR count). The van der Waals surface area contributed by atoms with Crippen molar-refractivity contribution in [2.75, 3.05) is 44.3 Å². The van der Waals surface area contributed by atoms with E-state index in [1.165, 1.54) is 6.07 Å². The van der Waals surface area contributed by atoms with Crippen molar-refractivity contribution in [3.05, 3.63) is 170 Å². The Morgan fingerprint density at radius 3 is 1.55 bits per heavy atom. The minimum absolute atomic E-state index is 0.0826. The first kappa shape index (κ1) is 54.2. The number of ether oxygens (including phenoxy) is 3. The van der Waals surface area contributed by atoms with Crippen LogP contribution in [0.15, 0.2) is 120 Å². The zero-order valence-electron chi connectivity index (χ0n) is 45.1. The fourth-order valence-electron chi connectivity index (χ4n) is 10.7. The summed E-state index contributed by atoms with van der Waals surface area (Å²) in [4.78, 5) is 84.5. The lowest BCUT2D eigenvalue weighted by atomic mass is 10.1. The number of likely N-dealkylation sites (tertiary alicyclic amines) is 1. The first-order valence-electron chi connectivity index (χ1n) is 26.2. The van der Waals surface area contributed by atoms with Crippen LogP contribution in [0.5, 0.6) is 0 Å². The second kappa shape index (κ2) is 21.9. The molecule has 2 saturated heterocycles. The second-order valence-corrected chi connectivity index (χ2v) is 20.5. The number of aromatic nitrogens is 8. The van der Waals surface area contributed by atoms with Crippen LogP contribution in [0.3, 0.4) is 0 Å². The van der Waals surface area contributed by atoms with Gasteiger partial charge < -0.3 is 33.1 Å². The minimum Gasteiger partial charge on any atom is -0.462 e. The Labute approximate surface area is 455 Å². The molecule has 1 amide bonds. The number of esters is 2. The van der Waals surface area contributed by atoms with E-state index < -0.39 is 45.8 Å². The molecule has 2 fully saturated rings. The van der Waals surface area contributed by atoms with Crippen molar-refractivity contribution >= 4 is 78.9 Å². The van der Waals surface area contributed by atoms with Crippen LogP contribution in [-0.2, 0) is 28.3 Å². The largest absolute Gasteiger partial charge is 0.462 e. The maximum Gasteiger partial charge on any atom is 0.410 e. The fourth-order valence-corrected chi connectivity index (χ4v) is 10.7. The summed E-state index contributed by atoms with van der Waals surface area (Å²) >= 11 is 0. The lowest BCUT2D eigenvalue weighted by molar-refractivity contribution is 0.0291. The molecule has 0 spiro atoms. The number of benzene rings is 4. The van der Waals surface area contributed by atoms with E-state index in [1.807, 2.05) is 78.1 Å². The highest BCUT2D eigenvalue weighted by Gasteiger charge is 2.33. The number of halogens is 3. The number of fused-ring (bicyclic) bond motifs is 10. The van der Waals surface area contributed by atoms with Crippen LogP contribution in [-0.4, -0.2) is 106 Å². The normalized spacial score (nSPS) is 15.4. The molecule has 2 aliphatic heterocycles. The van der Waals surface area contributed by atoms with Crippen molar-refractivity contribution in [2.24, 2.45) is 14.1 Å². The number of pyridine rings is 2. The van der Waals surface area contributed by atoms with Gasteiger partial charge in [0, 0.05) is 95.4 Å². The molecule has 0 aliphatic carbocycles. The number of rotatable bonds is 7. The van der Waals surface area contributed by atoms with E-state index in [2.05, 4.69) is 19.9 Å². The lowest BCUT2D eigenvalue weighted by Crippen LogP contribution is -2.35. The maximum absolute atomic E-state index is 15.5. The maximum atomic E-state index is 15.5. The molecular formula is C59H57F3N10O8. The molecule has 2 aliphatic rings. The quantitative estimate of drug-likeness (QED) is 0.108. The van der Waals surface area contributed by atoms with Crippen LogP contribution in [0, 0.1) is 17.5 Å². The highest BCUT2D eigenvalue weighted by molar-refractivity contribution is 6.05. The molecule has 10 aromatic rings. The van der Waals surface area contributed by atoms with E-state index in [-0.39, 0.29) is 64.2 Å². The number of carbonyl (C=O) groups excluding carboxylic acids is 3. The zero-order chi connectivity index (χ0) is 56.7. The zero-order valence-corrected chi connectivity index (χ0v) is 45.1. The smallest absolute Gasteiger partial charge is 0.410 e. The van der Waals surface area contributed by atoms with Crippen LogP contribution in [0.2, 0.25) is 0 Å². The summed E-state index contributed by atoms with van der Waals surface area (Å²) in [7, 11) is 3.51. The number of para-hydroxylation sites is 4. The molecule has 4 aromatic carbocycles. The molecule has 80 heavy (non-hydrogen) atoms. The summed E-state index contributed by atoms with van der Waals surface area (Å²) in [6.07, 6.45) is 11.7. The van der Waals surface area contributed by atoms with Gasteiger partial charge in [0.1, 0.15) is 33.8 Å². The molecule has 2 unspecified atom stereocenters. The third-order valence-electron chi connectivity index (χ3n) is 14.3. The number of nitrogens with zero attached hydrogens (tertiary/aromatic N) is 10. The van der Waals surface area contributed by atoms with Crippen molar-refractivity contribution in [1.82, 2.24) is 42.8 Å². The average Bonchev–Trinajstić information content (AvgIpc) is 4.42. The Bertz CT molecular complexity index is 4180. The summed E-state index contributed by atoms with van der Waals surface area (Å²) in [5.41, 5.74) is 4.72. The van der Waals surface area contributed by atoms with E-state index >= 15 is 4.39 Å². The van der Waals surface area contributed by atoms with Crippen LogP contribution in [0.1, 0.15) is 91.4 Å². The highest BCUT2D eigenvalue weighted by Crippen LogP contribution is 2.36. The van der Waals surface area contributed by atoms with Gasteiger partial charge in [-0.05, 0) is 89.9 Å².